The molecule has 0 radical (unpaired) electrons. The van der Waals surface area contributed by atoms with Crippen LogP contribution in [0, 0.1) is 6.92 Å². The molecule has 0 bridgehead atoms. The molecule has 0 aromatic heterocycles. The molecule has 2 heterocycles. The minimum Gasteiger partial charge on any atom is -0.478 e. The normalized spacial score (nSPS) is 19.2. The third-order valence-electron chi connectivity index (χ3n) is 4.42. The first-order valence-corrected chi connectivity index (χ1v) is 8.65. The first kappa shape index (κ1) is 17.3. The number of nitrogens with one attached hydrogen (secondary N) is 2. The quantitative estimate of drug-likeness (QED) is 0.759. The van der Waals surface area contributed by atoms with E-state index in [9.17, 15) is 14.4 Å². The SMILES string of the molecule is Cc1ccc2c(c1)NC(=O)[C@H](CC(=O)NCCCN1CCCC1=O)O2. The van der Waals surface area contributed by atoms with Gasteiger partial charge in [0.05, 0.1) is 12.1 Å². The van der Waals surface area contributed by atoms with Crippen molar-refractivity contribution in [2.45, 2.75) is 38.7 Å². The third-order valence-corrected chi connectivity index (χ3v) is 4.42. The van der Waals surface area contributed by atoms with Gasteiger partial charge in [0.25, 0.3) is 5.91 Å². The number of rotatable bonds is 6. The van der Waals surface area contributed by atoms with E-state index in [4.69, 9.17) is 4.74 Å². The van der Waals surface area contributed by atoms with Gasteiger partial charge in [0.1, 0.15) is 5.75 Å². The van der Waals surface area contributed by atoms with Crippen molar-refractivity contribution in [3.8, 4) is 5.75 Å². The van der Waals surface area contributed by atoms with E-state index in [1.165, 1.54) is 0 Å². The summed E-state index contributed by atoms with van der Waals surface area (Å²) in [6, 6.07) is 5.53. The Bertz CT molecular complexity index is 689. The molecule has 0 spiro atoms. The number of hydrogen-bond acceptors (Lipinski definition) is 4. The molecule has 25 heavy (non-hydrogen) atoms. The van der Waals surface area contributed by atoms with Gasteiger partial charge in [-0.25, -0.2) is 0 Å². The number of benzene rings is 1. The Kier molecular flexibility index (Phi) is 5.21. The second-order valence-corrected chi connectivity index (χ2v) is 6.49. The van der Waals surface area contributed by atoms with Crippen LogP contribution >= 0.6 is 0 Å². The molecule has 2 N–H and O–H groups in total. The molecule has 1 aromatic carbocycles. The predicted molar refractivity (Wildman–Crippen MR) is 92.3 cm³/mol. The molecule has 3 rings (SSSR count). The third kappa shape index (κ3) is 4.29. The summed E-state index contributed by atoms with van der Waals surface area (Å²) >= 11 is 0. The first-order chi connectivity index (χ1) is 12.0. The highest BCUT2D eigenvalue weighted by molar-refractivity contribution is 6.00. The summed E-state index contributed by atoms with van der Waals surface area (Å²) in [5, 5.41) is 5.56. The molecule has 7 heteroatoms. The van der Waals surface area contributed by atoms with Gasteiger partial charge in [-0.05, 0) is 37.5 Å². The van der Waals surface area contributed by atoms with E-state index in [1.807, 2.05) is 24.0 Å². The molecule has 1 saturated heterocycles. The second-order valence-electron chi connectivity index (χ2n) is 6.49. The van der Waals surface area contributed by atoms with Crippen molar-refractivity contribution in [3.63, 3.8) is 0 Å². The summed E-state index contributed by atoms with van der Waals surface area (Å²) in [5.41, 5.74) is 1.66. The predicted octanol–water partition coefficient (Wildman–Crippen LogP) is 1.21. The molecule has 0 aliphatic carbocycles. The van der Waals surface area contributed by atoms with Crippen molar-refractivity contribution in [2.24, 2.45) is 0 Å². The summed E-state index contributed by atoms with van der Waals surface area (Å²) < 4.78 is 5.65. The molecule has 1 atom stereocenters. The fourth-order valence-electron chi connectivity index (χ4n) is 3.08. The van der Waals surface area contributed by atoms with Crippen LogP contribution in [0.4, 0.5) is 5.69 Å². The molecule has 0 saturated carbocycles. The van der Waals surface area contributed by atoms with E-state index in [2.05, 4.69) is 10.6 Å². The Hall–Kier alpha value is -2.57. The summed E-state index contributed by atoms with van der Waals surface area (Å²) in [6.07, 6.45) is 1.40. The maximum Gasteiger partial charge on any atom is 0.266 e. The summed E-state index contributed by atoms with van der Waals surface area (Å²) in [5.74, 6) is 0.224. The molecule has 2 aliphatic heterocycles. The lowest BCUT2D eigenvalue weighted by molar-refractivity contribution is -0.130. The van der Waals surface area contributed by atoms with Crippen molar-refractivity contribution in [3.05, 3.63) is 23.8 Å². The fourth-order valence-corrected chi connectivity index (χ4v) is 3.08. The Morgan fingerprint density at radius 1 is 1.40 bits per heavy atom. The lowest BCUT2D eigenvalue weighted by Crippen LogP contribution is -2.41. The molecule has 134 valence electrons. The van der Waals surface area contributed by atoms with Crippen molar-refractivity contribution >= 4 is 23.4 Å². The number of likely N-dealkylation sites (tertiary alicyclic amines) is 1. The van der Waals surface area contributed by atoms with Crippen LogP contribution in [0.25, 0.3) is 0 Å². The largest absolute Gasteiger partial charge is 0.478 e. The average molecular weight is 345 g/mol. The number of amides is 3. The van der Waals surface area contributed by atoms with Gasteiger partial charge < -0.3 is 20.3 Å². The highest BCUT2D eigenvalue weighted by atomic mass is 16.5. The molecule has 3 amide bonds. The molecule has 2 aliphatic rings. The molecule has 7 nitrogen and oxygen atoms in total. The van der Waals surface area contributed by atoms with Crippen molar-refractivity contribution < 1.29 is 19.1 Å². The van der Waals surface area contributed by atoms with Crippen LogP contribution in [-0.4, -0.2) is 48.4 Å². The van der Waals surface area contributed by atoms with Crippen molar-refractivity contribution in [1.29, 1.82) is 0 Å². The maximum absolute atomic E-state index is 12.1. The average Bonchev–Trinajstić information content (AvgIpc) is 2.98. The number of fused-ring (bicyclic) bond motifs is 1. The van der Waals surface area contributed by atoms with Gasteiger partial charge in [0.2, 0.25) is 11.8 Å². The van der Waals surface area contributed by atoms with Gasteiger partial charge in [-0.15, -0.1) is 0 Å². The Balaban J connectivity index is 1.42. The van der Waals surface area contributed by atoms with Crippen molar-refractivity contribution in [2.75, 3.05) is 25.0 Å². The van der Waals surface area contributed by atoms with Gasteiger partial charge in [-0.1, -0.05) is 6.07 Å². The van der Waals surface area contributed by atoms with Crippen LogP contribution < -0.4 is 15.4 Å². The van der Waals surface area contributed by atoms with Gasteiger partial charge >= 0.3 is 0 Å². The Morgan fingerprint density at radius 2 is 2.24 bits per heavy atom. The Morgan fingerprint density at radius 3 is 3.00 bits per heavy atom. The minimum absolute atomic E-state index is 0.0260. The van der Waals surface area contributed by atoms with Gasteiger partial charge in [0, 0.05) is 26.1 Å². The molecule has 0 unspecified atom stereocenters. The lowest BCUT2D eigenvalue weighted by Gasteiger charge is -2.25. The maximum atomic E-state index is 12.1. The number of hydrogen-bond donors (Lipinski definition) is 2. The van der Waals surface area contributed by atoms with Gasteiger partial charge in [-0.3, -0.25) is 14.4 Å². The van der Waals surface area contributed by atoms with Gasteiger partial charge in [0.15, 0.2) is 6.10 Å². The zero-order valence-corrected chi connectivity index (χ0v) is 14.3. The number of carbonyl (C=O) groups excluding carboxylic acids is 3. The number of anilines is 1. The standard InChI is InChI=1S/C18H23N3O4/c1-12-5-6-14-13(10-12)20-18(24)15(25-14)11-16(22)19-7-3-9-21-8-2-4-17(21)23/h5-6,10,15H,2-4,7-9,11H2,1H3,(H,19,22)(H,20,24)/t15-/m0/s1. The Labute approximate surface area is 146 Å². The summed E-state index contributed by atoms with van der Waals surface area (Å²) in [6.45, 7) is 3.88. The van der Waals surface area contributed by atoms with E-state index < -0.39 is 6.10 Å². The fraction of sp³-hybridized carbons (Fsp3) is 0.500. The van der Waals surface area contributed by atoms with E-state index in [-0.39, 0.29) is 24.1 Å². The van der Waals surface area contributed by atoms with E-state index in [0.717, 1.165) is 18.5 Å². The first-order valence-electron chi connectivity index (χ1n) is 8.65. The van der Waals surface area contributed by atoms with Gasteiger partial charge in [-0.2, -0.15) is 0 Å². The van der Waals surface area contributed by atoms with Crippen LogP contribution in [0.3, 0.4) is 0 Å². The topological polar surface area (TPSA) is 87.7 Å². The molecule has 1 aromatic rings. The number of aryl methyl sites for hydroxylation is 1. The zero-order valence-electron chi connectivity index (χ0n) is 14.3. The second kappa shape index (κ2) is 7.55. The summed E-state index contributed by atoms with van der Waals surface area (Å²) in [4.78, 5) is 37.4. The summed E-state index contributed by atoms with van der Waals surface area (Å²) in [7, 11) is 0. The lowest BCUT2D eigenvalue weighted by atomic mass is 10.1. The van der Waals surface area contributed by atoms with Crippen LogP contribution in [0.15, 0.2) is 18.2 Å². The van der Waals surface area contributed by atoms with E-state index in [0.29, 0.717) is 37.4 Å². The highest BCUT2D eigenvalue weighted by Crippen LogP contribution is 2.30. The molecule has 1 fully saturated rings. The molecular formula is C18H23N3O4. The van der Waals surface area contributed by atoms with Crippen LogP contribution in [0.1, 0.15) is 31.2 Å². The van der Waals surface area contributed by atoms with Crippen LogP contribution in [-0.2, 0) is 14.4 Å². The van der Waals surface area contributed by atoms with Crippen LogP contribution in [0.2, 0.25) is 0 Å². The van der Waals surface area contributed by atoms with E-state index in [1.54, 1.807) is 6.07 Å². The minimum atomic E-state index is -0.824. The van der Waals surface area contributed by atoms with Crippen LogP contribution in [0.5, 0.6) is 5.75 Å². The highest BCUT2D eigenvalue weighted by Gasteiger charge is 2.29. The number of carbonyl (C=O) groups is 3. The molecular weight excluding hydrogens is 322 g/mol. The smallest absolute Gasteiger partial charge is 0.266 e. The number of nitrogens with zero attached hydrogens (tertiary/aromatic N) is 1. The van der Waals surface area contributed by atoms with E-state index >= 15 is 0 Å². The monoisotopic (exact) mass is 345 g/mol. The zero-order chi connectivity index (χ0) is 17.8. The van der Waals surface area contributed by atoms with Crippen molar-refractivity contribution in [1.82, 2.24) is 10.2 Å². The number of ether oxygens (including phenoxy) is 1.